The van der Waals surface area contributed by atoms with Gasteiger partial charge in [0.2, 0.25) is 0 Å². The van der Waals surface area contributed by atoms with Crippen molar-refractivity contribution in [2.24, 2.45) is 11.5 Å². The van der Waals surface area contributed by atoms with Gasteiger partial charge in [0.25, 0.3) is 0 Å². The molecular formula is C8H20N4. The molecule has 1 heterocycles. The van der Waals surface area contributed by atoms with Crippen LogP contribution in [0.5, 0.6) is 0 Å². The number of nitrogens with one attached hydrogen (secondary N) is 1. The Hall–Kier alpha value is -0.160. The fraction of sp³-hybridized carbons (Fsp3) is 1.00. The number of piperazine rings is 1. The predicted octanol–water partition coefficient (Wildman–Crippen LogP) is -1.43. The van der Waals surface area contributed by atoms with E-state index in [9.17, 15) is 0 Å². The van der Waals surface area contributed by atoms with Crippen LogP contribution in [0, 0.1) is 0 Å². The van der Waals surface area contributed by atoms with E-state index < -0.39 is 0 Å². The largest absolute Gasteiger partial charge is 0.330 e. The first-order chi connectivity index (χ1) is 5.88. The van der Waals surface area contributed by atoms with Gasteiger partial charge in [0.15, 0.2) is 0 Å². The molecule has 1 aliphatic rings. The molecule has 1 unspecified atom stereocenters. The monoisotopic (exact) mass is 172 g/mol. The molecule has 5 N–H and O–H groups in total. The van der Waals surface area contributed by atoms with Gasteiger partial charge in [0.05, 0.1) is 0 Å². The zero-order valence-electron chi connectivity index (χ0n) is 7.63. The van der Waals surface area contributed by atoms with E-state index in [0.29, 0.717) is 6.04 Å². The van der Waals surface area contributed by atoms with Gasteiger partial charge in [-0.05, 0) is 13.0 Å². The van der Waals surface area contributed by atoms with Crippen molar-refractivity contribution >= 4 is 0 Å². The SMILES string of the molecule is NCCC(CN)N1CCNCC1. The summed E-state index contributed by atoms with van der Waals surface area (Å²) in [6.07, 6.45) is 1.02. The highest BCUT2D eigenvalue weighted by Crippen LogP contribution is 2.03. The molecule has 0 aliphatic carbocycles. The Kier molecular flexibility index (Phi) is 4.53. The van der Waals surface area contributed by atoms with Crippen LogP contribution in [0.1, 0.15) is 6.42 Å². The number of rotatable bonds is 4. The molecule has 1 saturated heterocycles. The normalized spacial score (nSPS) is 22.5. The summed E-state index contributed by atoms with van der Waals surface area (Å²) >= 11 is 0. The number of hydrogen-bond acceptors (Lipinski definition) is 4. The lowest BCUT2D eigenvalue weighted by molar-refractivity contribution is 0.170. The van der Waals surface area contributed by atoms with Crippen LogP contribution in [0.25, 0.3) is 0 Å². The Morgan fingerprint density at radius 3 is 2.42 bits per heavy atom. The molecule has 0 aromatic rings. The van der Waals surface area contributed by atoms with Gasteiger partial charge in [-0.1, -0.05) is 0 Å². The predicted molar refractivity (Wildman–Crippen MR) is 51.0 cm³/mol. The molecule has 4 heteroatoms. The Balaban J connectivity index is 2.29. The summed E-state index contributed by atoms with van der Waals surface area (Å²) < 4.78 is 0. The van der Waals surface area contributed by atoms with Gasteiger partial charge in [0.1, 0.15) is 0 Å². The van der Waals surface area contributed by atoms with Crippen molar-refractivity contribution in [1.29, 1.82) is 0 Å². The van der Waals surface area contributed by atoms with Crippen molar-refractivity contribution in [3.8, 4) is 0 Å². The maximum absolute atomic E-state index is 5.67. The van der Waals surface area contributed by atoms with E-state index >= 15 is 0 Å². The zero-order chi connectivity index (χ0) is 8.81. The lowest BCUT2D eigenvalue weighted by Gasteiger charge is -2.34. The molecule has 1 fully saturated rings. The van der Waals surface area contributed by atoms with Gasteiger partial charge in [-0.3, -0.25) is 4.90 Å². The van der Waals surface area contributed by atoms with E-state index in [1.54, 1.807) is 0 Å². The molecule has 72 valence electrons. The Morgan fingerprint density at radius 1 is 1.25 bits per heavy atom. The first kappa shape index (κ1) is 9.92. The van der Waals surface area contributed by atoms with Gasteiger partial charge in [0, 0.05) is 38.8 Å². The van der Waals surface area contributed by atoms with E-state index in [4.69, 9.17) is 11.5 Å². The summed E-state index contributed by atoms with van der Waals surface area (Å²) in [5, 5.41) is 3.32. The molecule has 0 spiro atoms. The summed E-state index contributed by atoms with van der Waals surface area (Å²) in [5.74, 6) is 0. The van der Waals surface area contributed by atoms with Crippen LogP contribution in [-0.4, -0.2) is 50.2 Å². The number of nitrogens with two attached hydrogens (primary N) is 2. The summed E-state index contributed by atoms with van der Waals surface area (Å²) in [5.41, 5.74) is 11.2. The fourth-order valence-corrected chi connectivity index (χ4v) is 1.69. The van der Waals surface area contributed by atoms with Crippen LogP contribution in [-0.2, 0) is 0 Å². The van der Waals surface area contributed by atoms with Crippen molar-refractivity contribution in [3.63, 3.8) is 0 Å². The van der Waals surface area contributed by atoms with Crippen LogP contribution >= 0.6 is 0 Å². The van der Waals surface area contributed by atoms with Crippen molar-refractivity contribution in [2.75, 3.05) is 39.3 Å². The minimum absolute atomic E-state index is 0.497. The summed E-state index contributed by atoms with van der Waals surface area (Å²) in [6.45, 7) is 5.87. The van der Waals surface area contributed by atoms with E-state index in [-0.39, 0.29) is 0 Å². The first-order valence-electron chi connectivity index (χ1n) is 4.73. The molecule has 0 bridgehead atoms. The lowest BCUT2D eigenvalue weighted by Crippen LogP contribution is -2.51. The van der Waals surface area contributed by atoms with Crippen LogP contribution in [0.15, 0.2) is 0 Å². The van der Waals surface area contributed by atoms with Gasteiger partial charge in [-0.15, -0.1) is 0 Å². The Morgan fingerprint density at radius 2 is 1.92 bits per heavy atom. The molecule has 0 radical (unpaired) electrons. The van der Waals surface area contributed by atoms with Crippen LogP contribution < -0.4 is 16.8 Å². The Labute approximate surface area is 74.3 Å². The molecule has 12 heavy (non-hydrogen) atoms. The minimum Gasteiger partial charge on any atom is -0.330 e. The van der Waals surface area contributed by atoms with Crippen molar-refractivity contribution < 1.29 is 0 Å². The zero-order valence-corrected chi connectivity index (χ0v) is 7.63. The van der Waals surface area contributed by atoms with E-state index in [1.807, 2.05) is 0 Å². The smallest absolute Gasteiger partial charge is 0.0231 e. The highest BCUT2D eigenvalue weighted by molar-refractivity contribution is 4.77. The lowest BCUT2D eigenvalue weighted by atomic mass is 10.1. The maximum Gasteiger partial charge on any atom is 0.0231 e. The van der Waals surface area contributed by atoms with Gasteiger partial charge < -0.3 is 16.8 Å². The number of hydrogen-bond donors (Lipinski definition) is 3. The fourth-order valence-electron chi connectivity index (χ4n) is 1.69. The second-order valence-electron chi connectivity index (χ2n) is 3.25. The average molecular weight is 172 g/mol. The molecular weight excluding hydrogens is 152 g/mol. The molecule has 0 amide bonds. The van der Waals surface area contributed by atoms with Crippen LogP contribution in [0.2, 0.25) is 0 Å². The molecule has 0 aromatic heterocycles. The quantitative estimate of drug-likeness (QED) is 0.486. The van der Waals surface area contributed by atoms with E-state index in [0.717, 1.165) is 45.7 Å². The third-order valence-corrected chi connectivity index (χ3v) is 2.44. The topological polar surface area (TPSA) is 67.3 Å². The minimum atomic E-state index is 0.497. The van der Waals surface area contributed by atoms with Crippen molar-refractivity contribution in [2.45, 2.75) is 12.5 Å². The van der Waals surface area contributed by atoms with Gasteiger partial charge in [-0.2, -0.15) is 0 Å². The third-order valence-electron chi connectivity index (χ3n) is 2.44. The highest BCUT2D eigenvalue weighted by atomic mass is 15.2. The Bertz CT molecular complexity index is 109. The van der Waals surface area contributed by atoms with Crippen molar-refractivity contribution in [3.05, 3.63) is 0 Å². The van der Waals surface area contributed by atoms with Crippen molar-refractivity contribution in [1.82, 2.24) is 10.2 Å². The molecule has 1 atom stereocenters. The second kappa shape index (κ2) is 5.48. The third kappa shape index (κ3) is 2.71. The average Bonchev–Trinajstić information content (AvgIpc) is 2.15. The van der Waals surface area contributed by atoms with Crippen LogP contribution in [0.3, 0.4) is 0 Å². The standard InChI is InChI=1S/C8H20N4/c9-2-1-8(7-10)12-5-3-11-4-6-12/h8,11H,1-7,9-10H2. The van der Waals surface area contributed by atoms with Gasteiger partial charge >= 0.3 is 0 Å². The second-order valence-corrected chi connectivity index (χ2v) is 3.25. The molecule has 4 nitrogen and oxygen atoms in total. The number of nitrogens with zero attached hydrogens (tertiary/aromatic N) is 1. The summed E-state index contributed by atoms with van der Waals surface area (Å²) in [7, 11) is 0. The van der Waals surface area contributed by atoms with E-state index in [1.165, 1.54) is 0 Å². The van der Waals surface area contributed by atoms with E-state index in [2.05, 4.69) is 10.2 Å². The highest BCUT2D eigenvalue weighted by Gasteiger charge is 2.17. The molecule has 0 aromatic carbocycles. The first-order valence-corrected chi connectivity index (χ1v) is 4.73. The van der Waals surface area contributed by atoms with Gasteiger partial charge in [-0.25, -0.2) is 0 Å². The summed E-state index contributed by atoms with van der Waals surface area (Å²) in [4.78, 5) is 2.43. The molecule has 0 saturated carbocycles. The molecule has 1 rings (SSSR count). The molecule has 1 aliphatic heterocycles. The summed E-state index contributed by atoms with van der Waals surface area (Å²) in [6, 6.07) is 0.497. The van der Waals surface area contributed by atoms with Crippen LogP contribution in [0.4, 0.5) is 0 Å². The maximum atomic E-state index is 5.67.